The zero-order valence-electron chi connectivity index (χ0n) is 11.2. The third-order valence-corrected chi connectivity index (χ3v) is 2.93. The number of hydrogen-bond acceptors (Lipinski definition) is 4. The summed E-state index contributed by atoms with van der Waals surface area (Å²) in [5.74, 6) is 0. The van der Waals surface area contributed by atoms with Crippen LogP contribution in [0.15, 0.2) is 23.1 Å². The van der Waals surface area contributed by atoms with Gasteiger partial charge >= 0.3 is 16.3 Å². The maximum atomic E-state index is 12.8. The van der Waals surface area contributed by atoms with Crippen LogP contribution >= 0.6 is 0 Å². The van der Waals surface area contributed by atoms with Crippen molar-refractivity contribution < 1.29 is 21.8 Å². The lowest BCUT2D eigenvalue weighted by atomic mass is 10.2. The molecule has 1 N–H and O–H groups in total. The van der Waals surface area contributed by atoms with E-state index in [0.717, 1.165) is 12.1 Å². The summed E-state index contributed by atoms with van der Waals surface area (Å²) < 4.78 is 39.3. The van der Waals surface area contributed by atoms with Gasteiger partial charge in [-0.2, -0.15) is 8.42 Å². The molecule has 106 valence electrons. The lowest BCUT2D eigenvalue weighted by Crippen LogP contribution is -2.27. The van der Waals surface area contributed by atoms with E-state index < -0.39 is 26.8 Å². The average Bonchev–Trinajstić information content (AvgIpc) is 2.16. The van der Waals surface area contributed by atoms with E-state index >= 15 is 0 Å². The van der Waals surface area contributed by atoms with Crippen LogP contribution in [0.1, 0.15) is 26.3 Å². The minimum atomic E-state index is -4.74. The van der Waals surface area contributed by atoms with Crippen LogP contribution in [-0.4, -0.2) is 20.1 Å². The first-order valence-electron chi connectivity index (χ1n) is 5.54. The largest absolute Gasteiger partial charge is 0.444 e. The number of aryl methyl sites for hydroxylation is 1. The highest BCUT2D eigenvalue weighted by atomic mass is 32.3. The van der Waals surface area contributed by atoms with Crippen LogP contribution in [0.25, 0.3) is 0 Å². The summed E-state index contributed by atoms with van der Waals surface area (Å²) in [7, 11) is -4.74. The smallest absolute Gasteiger partial charge is 0.412 e. The van der Waals surface area contributed by atoms with E-state index in [1.807, 2.05) is 0 Å². The second kappa shape index (κ2) is 5.16. The molecule has 5 nitrogen and oxygen atoms in total. The van der Waals surface area contributed by atoms with Crippen molar-refractivity contribution in [2.45, 2.75) is 38.2 Å². The maximum absolute atomic E-state index is 12.8. The molecule has 0 fully saturated rings. The highest BCUT2D eigenvalue weighted by Crippen LogP contribution is 2.21. The molecule has 1 rings (SSSR count). The summed E-state index contributed by atoms with van der Waals surface area (Å²) >= 11 is 0. The average molecular weight is 289 g/mol. The standard InChI is InChI=1S/C12H16FNO4S/c1-8-7-9(19(13,16)17)5-6-10(8)14-11(15)18-12(2,3)4/h5-7H,1-4H3,(H,14,15). The minimum Gasteiger partial charge on any atom is -0.444 e. The molecule has 19 heavy (non-hydrogen) atoms. The Hall–Kier alpha value is -1.63. The number of ether oxygens (including phenoxy) is 1. The van der Waals surface area contributed by atoms with Gasteiger partial charge in [0.15, 0.2) is 0 Å². The fraction of sp³-hybridized carbons (Fsp3) is 0.417. The molecule has 0 atom stereocenters. The van der Waals surface area contributed by atoms with Crippen molar-refractivity contribution in [1.29, 1.82) is 0 Å². The van der Waals surface area contributed by atoms with Crippen LogP contribution in [0.4, 0.5) is 14.4 Å². The first-order valence-corrected chi connectivity index (χ1v) is 6.93. The zero-order chi connectivity index (χ0) is 14.8. The highest BCUT2D eigenvalue weighted by Gasteiger charge is 2.18. The lowest BCUT2D eigenvalue weighted by Gasteiger charge is -2.20. The lowest BCUT2D eigenvalue weighted by molar-refractivity contribution is 0.0636. The number of hydrogen-bond donors (Lipinski definition) is 1. The van der Waals surface area contributed by atoms with Gasteiger partial charge in [-0.3, -0.25) is 5.32 Å². The predicted octanol–water partition coefficient (Wildman–Crippen LogP) is 3.00. The molecule has 0 bridgehead atoms. The second-order valence-corrected chi connectivity index (χ2v) is 6.39. The molecule has 0 saturated carbocycles. The van der Waals surface area contributed by atoms with Crippen molar-refractivity contribution in [3.05, 3.63) is 23.8 Å². The van der Waals surface area contributed by atoms with Gasteiger partial charge in [0.1, 0.15) is 5.60 Å². The van der Waals surface area contributed by atoms with E-state index in [-0.39, 0.29) is 0 Å². The molecule has 0 unspecified atom stereocenters. The summed E-state index contributed by atoms with van der Waals surface area (Å²) in [4.78, 5) is 11.1. The molecule has 0 aliphatic carbocycles. The number of amides is 1. The van der Waals surface area contributed by atoms with E-state index in [9.17, 15) is 17.1 Å². The van der Waals surface area contributed by atoms with Crippen molar-refractivity contribution in [3.63, 3.8) is 0 Å². The first-order chi connectivity index (χ1) is 8.49. The number of rotatable bonds is 2. The molecular formula is C12H16FNO4S. The Balaban J connectivity index is 2.90. The molecule has 0 heterocycles. The number of anilines is 1. The molecule has 0 saturated heterocycles. The van der Waals surface area contributed by atoms with Gasteiger partial charge in [0, 0.05) is 5.69 Å². The van der Waals surface area contributed by atoms with Gasteiger partial charge in [0.05, 0.1) is 4.90 Å². The monoisotopic (exact) mass is 289 g/mol. The Morgan fingerprint density at radius 1 is 1.32 bits per heavy atom. The number of carbonyl (C=O) groups is 1. The molecule has 1 aromatic carbocycles. The SMILES string of the molecule is Cc1cc(S(=O)(=O)F)ccc1NC(=O)OC(C)(C)C. The van der Waals surface area contributed by atoms with Gasteiger partial charge in [0.25, 0.3) is 0 Å². The van der Waals surface area contributed by atoms with Crippen LogP contribution in [0.2, 0.25) is 0 Å². The molecule has 7 heteroatoms. The molecule has 1 amide bonds. The van der Waals surface area contributed by atoms with Crippen molar-refractivity contribution >= 4 is 22.0 Å². The minimum absolute atomic E-state index is 0.363. The quantitative estimate of drug-likeness (QED) is 0.849. The maximum Gasteiger partial charge on any atom is 0.412 e. The summed E-state index contributed by atoms with van der Waals surface area (Å²) in [6.07, 6.45) is -0.661. The van der Waals surface area contributed by atoms with Crippen LogP contribution in [0, 0.1) is 6.92 Å². The van der Waals surface area contributed by atoms with Crippen LogP contribution < -0.4 is 5.32 Å². The van der Waals surface area contributed by atoms with Crippen molar-refractivity contribution in [3.8, 4) is 0 Å². The first kappa shape index (κ1) is 15.4. The Morgan fingerprint density at radius 3 is 2.32 bits per heavy atom. The number of benzene rings is 1. The van der Waals surface area contributed by atoms with E-state index in [4.69, 9.17) is 4.74 Å². The van der Waals surface area contributed by atoms with E-state index in [1.165, 1.54) is 6.07 Å². The zero-order valence-corrected chi connectivity index (χ0v) is 12.0. The van der Waals surface area contributed by atoms with Gasteiger partial charge in [-0.15, -0.1) is 3.89 Å². The molecule has 0 aliphatic heterocycles. The molecule has 0 aromatic heterocycles. The molecule has 1 aromatic rings. The topological polar surface area (TPSA) is 72.5 Å². The second-order valence-electron chi connectivity index (χ2n) is 5.04. The third kappa shape index (κ3) is 4.86. The van der Waals surface area contributed by atoms with E-state index in [2.05, 4.69) is 5.32 Å². The predicted molar refractivity (Wildman–Crippen MR) is 69.3 cm³/mol. The summed E-state index contributed by atoms with van der Waals surface area (Å²) in [6, 6.07) is 3.53. The van der Waals surface area contributed by atoms with E-state index in [1.54, 1.807) is 27.7 Å². The number of carbonyl (C=O) groups excluding carboxylic acids is 1. The number of halogens is 1. The molecule has 0 spiro atoms. The Labute approximate surface area is 112 Å². The van der Waals surface area contributed by atoms with Crippen LogP contribution in [0.3, 0.4) is 0 Å². The fourth-order valence-corrected chi connectivity index (χ4v) is 1.89. The van der Waals surface area contributed by atoms with Crippen molar-refractivity contribution in [2.75, 3.05) is 5.32 Å². The van der Waals surface area contributed by atoms with Gasteiger partial charge in [0.2, 0.25) is 0 Å². The Morgan fingerprint density at radius 2 is 1.89 bits per heavy atom. The Bertz CT molecular complexity index is 590. The molecular weight excluding hydrogens is 273 g/mol. The Kier molecular flexibility index (Phi) is 4.19. The van der Waals surface area contributed by atoms with Gasteiger partial charge in [-0.1, -0.05) is 0 Å². The van der Waals surface area contributed by atoms with Gasteiger partial charge in [-0.25, -0.2) is 4.79 Å². The van der Waals surface area contributed by atoms with Gasteiger partial charge < -0.3 is 4.74 Å². The third-order valence-electron chi connectivity index (χ3n) is 2.12. The van der Waals surface area contributed by atoms with Crippen LogP contribution in [0.5, 0.6) is 0 Å². The normalized spacial score (nSPS) is 12.1. The molecule has 0 aliphatic rings. The summed E-state index contributed by atoms with van der Waals surface area (Å²) in [5, 5.41) is 2.47. The fourth-order valence-electron chi connectivity index (χ4n) is 1.34. The van der Waals surface area contributed by atoms with Crippen molar-refractivity contribution in [2.24, 2.45) is 0 Å². The summed E-state index contributed by atoms with van der Waals surface area (Å²) in [6.45, 7) is 6.72. The van der Waals surface area contributed by atoms with Gasteiger partial charge in [-0.05, 0) is 51.5 Å². The molecule has 0 radical (unpaired) electrons. The summed E-state index contributed by atoms with van der Waals surface area (Å²) in [5.41, 5.74) is 0.145. The van der Waals surface area contributed by atoms with Crippen LogP contribution in [-0.2, 0) is 15.0 Å². The number of nitrogens with one attached hydrogen (secondary N) is 1. The van der Waals surface area contributed by atoms with Crippen molar-refractivity contribution in [1.82, 2.24) is 0 Å². The highest BCUT2D eigenvalue weighted by molar-refractivity contribution is 7.86. The van der Waals surface area contributed by atoms with E-state index in [0.29, 0.717) is 11.3 Å².